The first-order valence-corrected chi connectivity index (χ1v) is 12.5. The van der Waals surface area contributed by atoms with Crippen LogP contribution in [0.25, 0.3) is 0 Å². The Hall–Kier alpha value is -2.72. The SMILES string of the molecule is CC(C)OC(=O)[C@H](C)N[P@@](=O)(OC[C@@H]1C[C@H](C)[C@H](n2ccc(=O)[nH]c2=O)O1)Oc1ccccc1. The fourth-order valence-electron chi connectivity index (χ4n) is 3.51. The highest BCUT2D eigenvalue weighted by Crippen LogP contribution is 2.46. The van der Waals surface area contributed by atoms with Crippen molar-refractivity contribution in [3.63, 3.8) is 0 Å². The summed E-state index contributed by atoms with van der Waals surface area (Å²) in [5.41, 5.74) is -1.08. The van der Waals surface area contributed by atoms with Gasteiger partial charge in [-0.1, -0.05) is 25.1 Å². The molecule has 11 nitrogen and oxygen atoms in total. The van der Waals surface area contributed by atoms with Gasteiger partial charge in [0.25, 0.3) is 5.56 Å². The predicted octanol–water partition coefficient (Wildman–Crippen LogP) is 2.59. The van der Waals surface area contributed by atoms with Crippen molar-refractivity contribution in [2.45, 2.75) is 58.6 Å². The summed E-state index contributed by atoms with van der Waals surface area (Å²) in [5, 5.41) is 2.63. The topological polar surface area (TPSA) is 138 Å². The second kappa shape index (κ2) is 11.1. The molecule has 5 atom stereocenters. The number of benzene rings is 1. The molecule has 2 aromatic rings. The normalized spacial score (nSPS) is 22.8. The van der Waals surface area contributed by atoms with Gasteiger partial charge in [0.15, 0.2) is 0 Å². The number of hydrogen-bond acceptors (Lipinski definition) is 8. The molecule has 1 aliphatic heterocycles. The lowest BCUT2D eigenvalue weighted by molar-refractivity contribution is -0.149. The van der Waals surface area contributed by atoms with Crippen molar-refractivity contribution < 1.29 is 27.9 Å². The van der Waals surface area contributed by atoms with Gasteiger partial charge in [0, 0.05) is 18.2 Å². The van der Waals surface area contributed by atoms with Crippen molar-refractivity contribution in [3.05, 3.63) is 63.4 Å². The average molecular weight is 495 g/mol. The molecule has 0 saturated carbocycles. The van der Waals surface area contributed by atoms with E-state index < -0.39 is 43.3 Å². The number of carbonyl (C=O) groups is 1. The van der Waals surface area contributed by atoms with Crippen molar-refractivity contribution in [1.29, 1.82) is 0 Å². The van der Waals surface area contributed by atoms with Crippen LogP contribution < -0.4 is 20.9 Å². The second-order valence-electron chi connectivity index (χ2n) is 8.41. The number of nitrogens with one attached hydrogen (secondary N) is 2. The van der Waals surface area contributed by atoms with E-state index in [0.29, 0.717) is 12.2 Å². The van der Waals surface area contributed by atoms with Crippen LogP contribution in [0.1, 0.15) is 40.3 Å². The zero-order valence-corrected chi connectivity index (χ0v) is 20.4. The largest absolute Gasteiger partial charge is 0.462 e. The summed E-state index contributed by atoms with van der Waals surface area (Å²) in [7, 11) is -4.02. The van der Waals surface area contributed by atoms with Crippen molar-refractivity contribution in [2.75, 3.05) is 6.61 Å². The van der Waals surface area contributed by atoms with Crippen LogP contribution in [0.4, 0.5) is 0 Å². The highest BCUT2D eigenvalue weighted by molar-refractivity contribution is 7.52. The molecule has 0 aliphatic carbocycles. The minimum Gasteiger partial charge on any atom is -0.462 e. The van der Waals surface area contributed by atoms with E-state index in [2.05, 4.69) is 10.1 Å². The number of carbonyl (C=O) groups excluding carboxylic acids is 1. The number of ether oxygens (including phenoxy) is 2. The third-order valence-corrected chi connectivity index (χ3v) is 6.68. The van der Waals surface area contributed by atoms with Gasteiger partial charge in [-0.15, -0.1) is 0 Å². The maximum atomic E-state index is 13.6. The lowest BCUT2D eigenvalue weighted by Gasteiger charge is -2.24. The maximum Gasteiger partial charge on any atom is 0.459 e. The second-order valence-corrected chi connectivity index (χ2v) is 10.1. The van der Waals surface area contributed by atoms with Crippen LogP contribution in [0.3, 0.4) is 0 Å². The summed E-state index contributed by atoms with van der Waals surface area (Å²) in [6, 6.07) is 8.71. The average Bonchev–Trinajstić information content (AvgIpc) is 3.13. The molecule has 34 heavy (non-hydrogen) atoms. The van der Waals surface area contributed by atoms with Crippen LogP contribution in [0.5, 0.6) is 5.75 Å². The number of hydrogen-bond donors (Lipinski definition) is 2. The van der Waals surface area contributed by atoms with E-state index in [0.717, 1.165) is 0 Å². The highest BCUT2D eigenvalue weighted by atomic mass is 31.2. The predicted molar refractivity (Wildman–Crippen MR) is 123 cm³/mol. The highest BCUT2D eigenvalue weighted by Gasteiger charge is 2.38. The molecule has 0 amide bonds. The molecule has 0 unspecified atom stereocenters. The van der Waals surface area contributed by atoms with Crippen molar-refractivity contribution in [1.82, 2.24) is 14.6 Å². The molecule has 1 fully saturated rings. The Morgan fingerprint density at radius 2 is 1.94 bits per heavy atom. The first kappa shape index (κ1) is 25.9. The van der Waals surface area contributed by atoms with E-state index in [4.69, 9.17) is 18.5 Å². The molecule has 12 heteroatoms. The monoisotopic (exact) mass is 495 g/mol. The number of rotatable bonds is 10. The molecular weight excluding hydrogens is 465 g/mol. The number of aromatic nitrogens is 2. The molecule has 2 heterocycles. The first-order chi connectivity index (χ1) is 16.1. The van der Waals surface area contributed by atoms with Crippen LogP contribution in [0, 0.1) is 5.92 Å². The third kappa shape index (κ3) is 6.89. The van der Waals surface area contributed by atoms with Crippen LogP contribution in [-0.2, 0) is 23.4 Å². The van der Waals surface area contributed by atoms with Crippen LogP contribution in [0.2, 0.25) is 0 Å². The van der Waals surface area contributed by atoms with Gasteiger partial charge in [0.05, 0.1) is 18.8 Å². The molecule has 0 radical (unpaired) electrons. The van der Waals surface area contributed by atoms with Gasteiger partial charge in [-0.05, 0) is 39.3 Å². The van der Waals surface area contributed by atoms with Crippen LogP contribution in [0.15, 0.2) is 52.2 Å². The van der Waals surface area contributed by atoms with Gasteiger partial charge >= 0.3 is 19.4 Å². The molecule has 1 saturated heterocycles. The van der Waals surface area contributed by atoms with Gasteiger partial charge in [0.2, 0.25) is 0 Å². The number of H-pyrrole nitrogens is 1. The van der Waals surface area contributed by atoms with Gasteiger partial charge in [-0.2, -0.15) is 5.09 Å². The summed E-state index contributed by atoms with van der Waals surface area (Å²) in [6.45, 7) is 6.70. The molecule has 1 aliphatic rings. The van der Waals surface area contributed by atoms with Gasteiger partial charge in [0.1, 0.15) is 18.0 Å². The number of nitrogens with zero attached hydrogens (tertiary/aromatic N) is 1. The van der Waals surface area contributed by atoms with Gasteiger partial charge in [-0.3, -0.25) is 23.7 Å². The molecular formula is C22H30N3O8P. The molecule has 0 bridgehead atoms. The Labute approximate surface area is 197 Å². The number of esters is 1. The van der Waals surface area contributed by atoms with Crippen LogP contribution >= 0.6 is 7.75 Å². The Morgan fingerprint density at radius 1 is 1.24 bits per heavy atom. The standard InChI is InChI=1S/C22H30N3O8P/c1-14(2)31-21(27)16(4)24-34(29,33-17-8-6-5-7-9-17)30-13-18-12-15(3)20(32-18)25-11-10-19(26)23-22(25)28/h5-11,14-16,18,20H,12-13H2,1-4H3,(H,24,29)(H,23,26,28)/t15-,16-,18-,20+,34+/m0/s1. The number of aromatic amines is 1. The Bertz CT molecular complexity index is 1130. The summed E-state index contributed by atoms with van der Waals surface area (Å²) in [6.07, 6.45) is 0.408. The third-order valence-electron chi connectivity index (χ3n) is 5.04. The number of para-hydroxylation sites is 1. The van der Waals surface area contributed by atoms with Gasteiger partial charge < -0.3 is 14.0 Å². The van der Waals surface area contributed by atoms with Crippen molar-refractivity contribution in [2.24, 2.45) is 5.92 Å². The van der Waals surface area contributed by atoms with E-state index in [9.17, 15) is 18.9 Å². The van der Waals surface area contributed by atoms with E-state index in [-0.39, 0.29) is 18.6 Å². The molecule has 0 spiro atoms. The molecule has 3 rings (SSSR count). The smallest absolute Gasteiger partial charge is 0.459 e. The summed E-state index contributed by atoms with van der Waals surface area (Å²) in [4.78, 5) is 37.9. The molecule has 2 N–H and O–H groups in total. The molecule has 1 aromatic carbocycles. The Balaban J connectivity index is 1.71. The molecule has 1 aromatic heterocycles. The molecule has 186 valence electrons. The lowest BCUT2D eigenvalue weighted by Crippen LogP contribution is -2.36. The fourth-order valence-corrected chi connectivity index (χ4v) is 5.03. The summed E-state index contributed by atoms with van der Waals surface area (Å²) < 4.78 is 37.3. The zero-order valence-electron chi connectivity index (χ0n) is 19.5. The van der Waals surface area contributed by atoms with Crippen molar-refractivity contribution in [3.8, 4) is 5.75 Å². The van der Waals surface area contributed by atoms with E-state index in [1.54, 1.807) is 44.2 Å². The Morgan fingerprint density at radius 3 is 2.59 bits per heavy atom. The Kier molecular flexibility index (Phi) is 8.48. The fraction of sp³-hybridized carbons (Fsp3) is 0.500. The minimum atomic E-state index is -4.02. The van der Waals surface area contributed by atoms with Crippen molar-refractivity contribution >= 4 is 13.7 Å². The lowest BCUT2D eigenvalue weighted by atomic mass is 10.1. The minimum absolute atomic E-state index is 0.0838. The first-order valence-electron chi connectivity index (χ1n) is 11.0. The quantitative estimate of drug-likeness (QED) is 0.376. The van der Waals surface area contributed by atoms with E-state index in [1.165, 1.54) is 23.8 Å². The summed E-state index contributed by atoms with van der Waals surface area (Å²) in [5.74, 6) is -0.389. The summed E-state index contributed by atoms with van der Waals surface area (Å²) >= 11 is 0. The zero-order chi connectivity index (χ0) is 24.9. The van der Waals surface area contributed by atoms with E-state index >= 15 is 0 Å². The van der Waals surface area contributed by atoms with Crippen LogP contribution in [-0.4, -0.2) is 40.4 Å². The maximum absolute atomic E-state index is 13.6. The van der Waals surface area contributed by atoms with E-state index in [1.807, 2.05) is 6.92 Å². The van der Waals surface area contributed by atoms with Gasteiger partial charge in [-0.25, -0.2) is 9.36 Å².